The van der Waals surface area contributed by atoms with Crippen LogP contribution in [0.25, 0.3) is 0 Å². The van der Waals surface area contributed by atoms with Gasteiger partial charge in [0.2, 0.25) is 5.91 Å². The van der Waals surface area contributed by atoms with Gasteiger partial charge in [-0.15, -0.1) is 0 Å². The molecule has 1 aliphatic rings. The number of anilines is 1. The van der Waals surface area contributed by atoms with E-state index in [0.29, 0.717) is 0 Å². The number of hydrogen-bond donors (Lipinski definition) is 1. The second-order valence-corrected chi connectivity index (χ2v) is 4.58. The minimum atomic E-state index is -0.670. The first-order chi connectivity index (χ1) is 8.50. The van der Waals surface area contributed by atoms with Crippen LogP contribution >= 0.6 is 0 Å². The molecule has 1 aromatic carbocycles. The molecular formula is C13H15FN2O2. The topological polar surface area (TPSA) is 49.4 Å². The molecule has 0 aliphatic carbocycles. The molecule has 18 heavy (non-hydrogen) atoms. The van der Waals surface area contributed by atoms with Crippen LogP contribution in [0.5, 0.6) is 0 Å². The molecular weight excluding hydrogens is 235 g/mol. The smallest absolute Gasteiger partial charge is 0.252 e. The molecule has 2 rings (SSSR count). The summed E-state index contributed by atoms with van der Waals surface area (Å²) < 4.78 is 13.5. The van der Waals surface area contributed by atoms with Crippen molar-refractivity contribution in [3.8, 4) is 0 Å². The van der Waals surface area contributed by atoms with Crippen LogP contribution in [0, 0.1) is 5.82 Å². The number of imide groups is 1. The second-order valence-electron chi connectivity index (χ2n) is 4.58. The summed E-state index contributed by atoms with van der Waals surface area (Å²) >= 11 is 0. The number of likely N-dealkylation sites (tertiary alicyclic amines) is 1. The number of carbonyl (C=O) groups excluding carboxylic acids is 2. The monoisotopic (exact) mass is 250 g/mol. The van der Waals surface area contributed by atoms with Crippen molar-refractivity contribution < 1.29 is 14.0 Å². The molecule has 5 heteroatoms. The predicted octanol–water partition coefficient (Wildman–Crippen LogP) is 1.77. The van der Waals surface area contributed by atoms with Crippen LogP contribution in [-0.2, 0) is 9.59 Å². The zero-order valence-corrected chi connectivity index (χ0v) is 10.3. The second kappa shape index (κ2) is 4.76. The van der Waals surface area contributed by atoms with E-state index >= 15 is 0 Å². The summed E-state index contributed by atoms with van der Waals surface area (Å²) in [5.74, 6) is -0.942. The lowest BCUT2D eigenvalue weighted by Gasteiger charge is -2.19. The van der Waals surface area contributed by atoms with E-state index in [9.17, 15) is 14.0 Å². The standard InChI is InChI=1S/C13H15FN2O2/c1-8(2)16-12(17)7-11(13(16)18)15-10-6-4-3-5-9(10)14/h3-6,8,11,15H,7H2,1-2H3. The van der Waals surface area contributed by atoms with Gasteiger partial charge in [-0.1, -0.05) is 12.1 Å². The van der Waals surface area contributed by atoms with E-state index < -0.39 is 11.9 Å². The Morgan fingerprint density at radius 3 is 2.56 bits per heavy atom. The highest BCUT2D eigenvalue weighted by Crippen LogP contribution is 2.21. The summed E-state index contributed by atoms with van der Waals surface area (Å²) in [6, 6.07) is 5.26. The number of para-hydroxylation sites is 1. The van der Waals surface area contributed by atoms with Crippen LogP contribution in [0.1, 0.15) is 20.3 Å². The van der Waals surface area contributed by atoms with Gasteiger partial charge < -0.3 is 5.32 Å². The Bertz CT molecular complexity index is 488. The maximum absolute atomic E-state index is 13.5. The van der Waals surface area contributed by atoms with Gasteiger partial charge >= 0.3 is 0 Å². The summed E-state index contributed by atoms with van der Waals surface area (Å²) in [6.45, 7) is 3.56. The van der Waals surface area contributed by atoms with Crippen LogP contribution in [0.15, 0.2) is 24.3 Å². The third-order valence-corrected chi connectivity index (χ3v) is 2.90. The Hall–Kier alpha value is -1.91. The maximum atomic E-state index is 13.5. The van der Waals surface area contributed by atoms with Crippen LogP contribution in [-0.4, -0.2) is 28.8 Å². The fourth-order valence-electron chi connectivity index (χ4n) is 2.07. The fourth-order valence-corrected chi connectivity index (χ4v) is 2.07. The first-order valence-corrected chi connectivity index (χ1v) is 5.87. The minimum Gasteiger partial charge on any atom is -0.371 e. The summed E-state index contributed by atoms with van der Waals surface area (Å²) in [5, 5.41) is 2.79. The van der Waals surface area contributed by atoms with Gasteiger partial charge in [0, 0.05) is 6.04 Å². The van der Waals surface area contributed by atoms with Gasteiger partial charge in [0.15, 0.2) is 0 Å². The number of rotatable bonds is 3. The van der Waals surface area contributed by atoms with E-state index in [2.05, 4.69) is 5.32 Å². The lowest BCUT2D eigenvalue weighted by atomic mass is 10.2. The lowest BCUT2D eigenvalue weighted by molar-refractivity contribution is -0.140. The molecule has 1 fully saturated rings. The van der Waals surface area contributed by atoms with Crippen molar-refractivity contribution in [2.24, 2.45) is 0 Å². The van der Waals surface area contributed by atoms with Crippen molar-refractivity contribution in [3.05, 3.63) is 30.1 Å². The molecule has 0 aromatic heterocycles. The van der Waals surface area contributed by atoms with Gasteiger partial charge in [0.1, 0.15) is 11.9 Å². The van der Waals surface area contributed by atoms with E-state index in [4.69, 9.17) is 0 Å². The Morgan fingerprint density at radius 1 is 1.33 bits per heavy atom. The number of nitrogens with zero attached hydrogens (tertiary/aromatic N) is 1. The van der Waals surface area contributed by atoms with Crippen molar-refractivity contribution >= 4 is 17.5 Å². The molecule has 1 atom stereocenters. The van der Waals surface area contributed by atoms with Crippen molar-refractivity contribution in [1.82, 2.24) is 4.90 Å². The normalized spacial score (nSPS) is 19.8. The molecule has 4 nitrogen and oxygen atoms in total. The molecule has 0 spiro atoms. The number of hydrogen-bond acceptors (Lipinski definition) is 3. The Labute approximate surface area is 105 Å². The lowest BCUT2D eigenvalue weighted by Crippen LogP contribution is -2.39. The maximum Gasteiger partial charge on any atom is 0.252 e. The number of halogens is 1. The average Bonchev–Trinajstić information content (AvgIpc) is 2.57. The van der Waals surface area contributed by atoms with E-state index in [1.807, 2.05) is 0 Å². The van der Waals surface area contributed by atoms with Crippen LogP contribution in [0.2, 0.25) is 0 Å². The number of nitrogens with one attached hydrogen (secondary N) is 1. The third-order valence-electron chi connectivity index (χ3n) is 2.90. The first-order valence-electron chi connectivity index (χ1n) is 5.87. The zero-order chi connectivity index (χ0) is 13.3. The molecule has 1 N–H and O–H groups in total. The van der Waals surface area contributed by atoms with E-state index in [1.165, 1.54) is 11.0 Å². The molecule has 1 unspecified atom stereocenters. The summed E-state index contributed by atoms with van der Waals surface area (Å²) in [4.78, 5) is 24.9. The molecule has 1 aliphatic heterocycles. The molecule has 0 bridgehead atoms. The van der Waals surface area contributed by atoms with Crippen LogP contribution < -0.4 is 5.32 Å². The molecule has 0 radical (unpaired) electrons. The predicted molar refractivity (Wildman–Crippen MR) is 65.4 cm³/mol. The summed E-state index contributed by atoms with van der Waals surface area (Å²) in [5.41, 5.74) is 0.245. The number of carbonyl (C=O) groups is 2. The third kappa shape index (κ3) is 2.20. The minimum absolute atomic E-state index is 0.0747. The number of benzene rings is 1. The molecule has 2 amide bonds. The number of amides is 2. The Balaban J connectivity index is 2.15. The highest BCUT2D eigenvalue weighted by atomic mass is 19.1. The van der Waals surface area contributed by atoms with E-state index in [1.54, 1.807) is 32.0 Å². The van der Waals surface area contributed by atoms with Crippen molar-refractivity contribution in [3.63, 3.8) is 0 Å². The quantitative estimate of drug-likeness (QED) is 0.832. The zero-order valence-electron chi connectivity index (χ0n) is 10.3. The van der Waals surface area contributed by atoms with Crippen molar-refractivity contribution in [1.29, 1.82) is 0 Å². The van der Waals surface area contributed by atoms with E-state index in [-0.39, 0.29) is 30.0 Å². The van der Waals surface area contributed by atoms with Gasteiger partial charge in [-0.3, -0.25) is 14.5 Å². The van der Waals surface area contributed by atoms with Gasteiger partial charge in [-0.2, -0.15) is 0 Å². The Kier molecular flexibility index (Phi) is 3.32. The van der Waals surface area contributed by atoms with Crippen LogP contribution in [0.3, 0.4) is 0 Å². The molecule has 1 heterocycles. The molecule has 1 saturated heterocycles. The SMILES string of the molecule is CC(C)N1C(=O)CC(Nc2ccccc2F)C1=O. The van der Waals surface area contributed by atoms with Gasteiger partial charge in [-0.05, 0) is 26.0 Å². The van der Waals surface area contributed by atoms with Gasteiger partial charge in [0.25, 0.3) is 5.91 Å². The molecule has 1 aromatic rings. The van der Waals surface area contributed by atoms with Crippen molar-refractivity contribution in [2.45, 2.75) is 32.4 Å². The summed E-state index contributed by atoms with van der Waals surface area (Å²) in [7, 11) is 0. The fraction of sp³-hybridized carbons (Fsp3) is 0.385. The van der Waals surface area contributed by atoms with Gasteiger partial charge in [0.05, 0.1) is 12.1 Å². The van der Waals surface area contributed by atoms with Gasteiger partial charge in [-0.25, -0.2) is 4.39 Å². The Morgan fingerprint density at radius 2 is 2.00 bits per heavy atom. The highest BCUT2D eigenvalue weighted by Gasteiger charge is 2.40. The largest absolute Gasteiger partial charge is 0.371 e. The van der Waals surface area contributed by atoms with Crippen LogP contribution in [0.4, 0.5) is 10.1 Å². The highest BCUT2D eigenvalue weighted by molar-refractivity contribution is 6.07. The molecule has 0 saturated carbocycles. The summed E-state index contributed by atoms with van der Waals surface area (Å²) in [6.07, 6.45) is 0.0747. The average molecular weight is 250 g/mol. The van der Waals surface area contributed by atoms with E-state index in [0.717, 1.165) is 0 Å². The molecule has 96 valence electrons. The van der Waals surface area contributed by atoms with Crippen molar-refractivity contribution in [2.75, 3.05) is 5.32 Å². The first kappa shape index (κ1) is 12.5.